The predicted octanol–water partition coefficient (Wildman–Crippen LogP) is 0.979. The molecule has 2 heterocycles. The second kappa shape index (κ2) is 8.25. The first-order valence-electron chi connectivity index (χ1n) is 9.38. The molecule has 2 saturated heterocycles. The Bertz CT molecular complexity index is 900. The average Bonchev–Trinajstić information content (AvgIpc) is 2.88. The number of benzene rings is 1. The number of urea groups is 1. The van der Waals surface area contributed by atoms with Crippen LogP contribution in [0.5, 0.6) is 0 Å². The van der Waals surface area contributed by atoms with Gasteiger partial charge in [0.15, 0.2) is 0 Å². The Hall–Kier alpha value is -2.24. The molecule has 9 nitrogen and oxygen atoms in total. The molecule has 2 aliphatic heterocycles. The normalized spacial score (nSPS) is 20.0. The summed E-state index contributed by atoms with van der Waals surface area (Å²) in [6.07, 6.45) is 0.457. The molecule has 0 bridgehead atoms. The summed E-state index contributed by atoms with van der Waals surface area (Å²) in [5.74, 6) is -1.10. The molecule has 0 radical (unpaired) electrons. The number of carbonyl (C=O) groups excluding carboxylic acids is 2. The fourth-order valence-electron chi connectivity index (χ4n) is 3.23. The van der Waals surface area contributed by atoms with E-state index >= 15 is 0 Å². The molecule has 3 rings (SSSR count). The molecule has 0 atom stereocenters. The number of ether oxygens (including phenoxy) is 1. The van der Waals surface area contributed by atoms with Gasteiger partial charge in [0.25, 0.3) is 5.91 Å². The molecule has 0 spiro atoms. The van der Waals surface area contributed by atoms with Crippen molar-refractivity contribution in [3.63, 3.8) is 0 Å². The lowest BCUT2D eigenvalue weighted by Gasteiger charge is -2.26. The van der Waals surface area contributed by atoms with Crippen molar-refractivity contribution in [3.8, 4) is 0 Å². The molecule has 1 aromatic carbocycles. The van der Waals surface area contributed by atoms with Crippen LogP contribution in [-0.2, 0) is 19.6 Å². The summed E-state index contributed by atoms with van der Waals surface area (Å²) < 4.78 is 46.0. The number of halogens is 1. The number of nitrogens with one attached hydrogen (secondary N) is 2. The predicted molar refractivity (Wildman–Crippen MR) is 103 cm³/mol. The zero-order chi connectivity index (χ0) is 21.2. The van der Waals surface area contributed by atoms with Crippen molar-refractivity contribution in [1.82, 2.24) is 14.5 Å². The Balaban J connectivity index is 1.60. The Morgan fingerprint density at radius 2 is 1.93 bits per heavy atom. The van der Waals surface area contributed by atoms with Gasteiger partial charge in [-0.15, -0.1) is 0 Å². The zero-order valence-electron chi connectivity index (χ0n) is 16.4. The second-order valence-corrected chi connectivity index (χ2v) is 9.36. The molecule has 11 heteroatoms. The summed E-state index contributed by atoms with van der Waals surface area (Å²) in [5.41, 5.74) is -0.472. The second-order valence-electron chi connectivity index (χ2n) is 7.45. The van der Waals surface area contributed by atoms with Crippen molar-refractivity contribution in [2.75, 3.05) is 44.7 Å². The fraction of sp³-hybridized carbons (Fsp3) is 0.556. The number of amides is 3. The third-order valence-electron chi connectivity index (χ3n) is 4.85. The molecule has 29 heavy (non-hydrogen) atoms. The SMILES string of the molecule is CC1(C)NC(=O)N(CCCNc2ccc(F)c(S(=O)(=O)N3CCOCC3)c2)C1=O. The minimum atomic E-state index is -3.95. The first-order chi connectivity index (χ1) is 13.6. The minimum absolute atomic E-state index is 0.182. The number of sulfonamides is 1. The summed E-state index contributed by atoms with van der Waals surface area (Å²) in [6.45, 7) is 4.79. The maximum absolute atomic E-state index is 14.2. The smallest absolute Gasteiger partial charge is 0.325 e. The van der Waals surface area contributed by atoms with Gasteiger partial charge in [0.05, 0.1) is 13.2 Å². The molecule has 0 aliphatic carbocycles. The van der Waals surface area contributed by atoms with Gasteiger partial charge in [0.1, 0.15) is 16.3 Å². The number of imide groups is 1. The number of anilines is 1. The van der Waals surface area contributed by atoms with Crippen LogP contribution in [0.15, 0.2) is 23.1 Å². The highest BCUT2D eigenvalue weighted by Crippen LogP contribution is 2.24. The molecular formula is C18H25FN4O5S. The van der Waals surface area contributed by atoms with Crippen LogP contribution in [0.25, 0.3) is 0 Å². The third-order valence-corrected chi connectivity index (χ3v) is 6.76. The summed E-state index contributed by atoms with van der Waals surface area (Å²) >= 11 is 0. The van der Waals surface area contributed by atoms with Gasteiger partial charge < -0.3 is 15.4 Å². The van der Waals surface area contributed by atoms with Crippen LogP contribution in [0.2, 0.25) is 0 Å². The van der Waals surface area contributed by atoms with Gasteiger partial charge in [-0.1, -0.05) is 0 Å². The third kappa shape index (κ3) is 4.51. The van der Waals surface area contributed by atoms with Crippen LogP contribution in [0, 0.1) is 5.82 Å². The number of hydrogen-bond acceptors (Lipinski definition) is 6. The van der Waals surface area contributed by atoms with Crippen molar-refractivity contribution in [1.29, 1.82) is 0 Å². The molecular weight excluding hydrogens is 403 g/mol. The number of nitrogens with zero attached hydrogens (tertiary/aromatic N) is 2. The van der Waals surface area contributed by atoms with Crippen molar-refractivity contribution in [3.05, 3.63) is 24.0 Å². The van der Waals surface area contributed by atoms with Crippen molar-refractivity contribution in [2.45, 2.75) is 30.7 Å². The molecule has 2 aliphatic rings. The standard InChI is InChI=1S/C18H25FN4O5S/c1-18(2)16(24)23(17(25)21-18)7-3-6-20-13-4-5-14(19)15(12-13)29(26,27)22-8-10-28-11-9-22/h4-5,12,20H,3,6-11H2,1-2H3,(H,21,25). The highest BCUT2D eigenvalue weighted by molar-refractivity contribution is 7.89. The quantitative estimate of drug-likeness (QED) is 0.495. The lowest BCUT2D eigenvalue weighted by atomic mass is 10.1. The van der Waals surface area contributed by atoms with Gasteiger partial charge in [-0.25, -0.2) is 17.6 Å². The van der Waals surface area contributed by atoms with Gasteiger partial charge in [-0.3, -0.25) is 9.69 Å². The average molecular weight is 428 g/mol. The molecule has 1 aromatic rings. The van der Waals surface area contributed by atoms with E-state index in [0.717, 1.165) is 11.0 Å². The Kier molecular flexibility index (Phi) is 6.11. The highest BCUT2D eigenvalue weighted by atomic mass is 32.2. The highest BCUT2D eigenvalue weighted by Gasteiger charge is 2.43. The van der Waals surface area contributed by atoms with E-state index in [0.29, 0.717) is 18.7 Å². The summed E-state index contributed by atoms with van der Waals surface area (Å²) in [7, 11) is -3.95. The van der Waals surface area contributed by atoms with Gasteiger partial charge in [-0.2, -0.15) is 4.31 Å². The van der Waals surface area contributed by atoms with Crippen LogP contribution < -0.4 is 10.6 Å². The maximum Gasteiger partial charge on any atom is 0.325 e. The molecule has 160 valence electrons. The molecule has 0 unspecified atom stereocenters. The summed E-state index contributed by atoms with van der Waals surface area (Å²) in [6, 6.07) is 3.39. The monoisotopic (exact) mass is 428 g/mol. The Labute approximate surface area is 169 Å². The number of morpholine rings is 1. The van der Waals surface area contributed by atoms with E-state index in [1.54, 1.807) is 13.8 Å². The number of carbonyl (C=O) groups is 2. The van der Waals surface area contributed by atoms with Crippen molar-refractivity contribution >= 4 is 27.6 Å². The topological polar surface area (TPSA) is 108 Å². The molecule has 3 amide bonds. The summed E-state index contributed by atoms with van der Waals surface area (Å²) in [5, 5.41) is 5.63. The minimum Gasteiger partial charge on any atom is -0.385 e. The number of rotatable bonds is 7. The first-order valence-corrected chi connectivity index (χ1v) is 10.8. The van der Waals surface area contributed by atoms with Crippen molar-refractivity contribution in [2.24, 2.45) is 0 Å². The van der Waals surface area contributed by atoms with Gasteiger partial charge in [0.2, 0.25) is 10.0 Å². The van der Waals surface area contributed by atoms with Crippen LogP contribution in [0.1, 0.15) is 20.3 Å². The van der Waals surface area contributed by atoms with Crippen LogP contribution in [0.4, 0.5) is 14.9 Å². The van der Waals surface area contributed by atoms with E-state index in [1.807, 2.05) is 0 Å². The lowest BCUT2D eigenvalue weighted by molar-refractivity contribution is -0.130. The van der Waals surface area contributed by atoms with Crippen LogP contribution in [-0.4, -0.2) is 74.5 Å². The zero-order valence-corrected chi connectivity index (χ0v) is 17.2. The Morgan fingerprint density at radius 1 is 1.24 bits per heavy atom. The van der Waals surface area contributed by atoms with E-state index in [2.05, 4.69) is 10.6 Å². The fourth-order valence-corrected chi connectivity index (χ4v) is 4.73. The van der Waals surface area contributed by atoms with Crippen LogP contribution >= 0.6 is 0 Å². The molecule has 0 aromatic heterocycles. The molecule has 0 saturated carbocycles. The molecule has 2 N–H and O–H groups in total. The van der Waals surface area contributed by atoms with E-state index in [9.17, 15) is 22.4 Å². The van der Waals surface area contributed by atoms with E-state index < -0.39 is 27.4 Å². The van der Waals surface area contributed by atoms with Gasteiger partial charge >= 0.3 is 6.03 Å². The van der Waals surface area contributed by atoms with Crippen LogP contribution in [0.3, 0.4) is 0 Å². The van der Waals surface area contributed by atoms with Crippen molar-refractivity contribution < 1.29 is 27.1 Å². The van der Waals surface area contributed by atoms with E-state index in [4.69, 9.17) is 4.74 Å². The summed E-state index contributed by atoms with van der Waals surface area (Å²) in [4.78, 5) is 24.8. The maximum atomic E-state index is 14.2. The van der Waals surface area contributed by atoms with E-state index in [1.165, 1.54) is 16.4 Å². The van der Waals surface area contributed by atoms with Gasteiger partial charge in [-0.05, 0) is 38.5 Å². The first kappa shape index (κ1) is 21.5. The largest absolute Gasteiger partial charge is 0.385 e. The molecule has 2 fully saturated rings. The lowest BCUT2D eigenvalue weighted by Crippen LogP contribution is -2.40. The van der Waals surface area contributed by atoms with E-state index in [-0.39, 0.29) is 43.7 Å². The number of hydrogen-bond donors (Lipinski definition) is 2. The Morgan fingerprint density at radius 3 is 2.55 bits per heavy atom. The van der Waals surface area contributed by atoms with Gasteiger partial charge in [0, 0.05) is 31.9 Å².